The summed E-state index contributed by atoms with van der Waals surface area (Å²) < 4.78 is 47.9. The zero-order valence-corrected chi connectivity index (χ0v) is 13.2. The van der Waals surface area contributed by atoms with Crippen LogP contribution in [0.1, 0.15) is 18.9 Å². The average molecular weight is 345 g/mol. The fraction of sp³-hybridized carbons (Fsp3) is 0.333. The summed E-state index contributed by atoms with van der Waals surface area (Å²) >= 11 is 0.685. The highest BCUT2D eigenvalue weighted by Crippen LogP contribution is 2.35. The quantitative estimate of drug-likeness (QED) is 0.890. The van der Waals surface area contributed by atoms with E-state index in [9.17, 15) is 16.8 Å². The third kappa shape index (κ3) is 2.95. The Kier molecular flexibility index (Phi) is 4.68. The summed E-state index contributed by atoms with van der Waals surface area (Å²) in [5.74, 6) is 0. The molecule has 0 amide bonds. The molecule has 2 rings (SSSR count). The van der Waals surface area contributed by atoms with Gasteiger partial charge in [0.2, 0.25) is 10.0 Å². The Morgan fingerprint density at radius 2 is 2.05 bits per heavy atom. The van der Waals surface area contributed by atoms with Gasteiger partial charge >= 0.3 is 0 Å². The van der Waals surface area contributed by atoms with Crippen LogP contribution in [0.4, 0.5) is 0 Å². The minimum absolute atomic E-state index is 0. The van der Waals surface area contributed by atoms with Crippen molar-refractivity contribution in [3.63, 3.8) is 0 Å². The number of nitrogens with two attached hydrogens (primary N) is 1. The molecule has 1 aliphatic rings. The fourth-order valence-corrected chi connectivity index (χ4v) is 5.63. The smallest absolute Gasteiger partial charge is 0.273 e. The van der Waals surface area contributed by atoms with E-state index >= 15 is 0 Å². The molecule has 2 N–H and O–H groups in total. The van der Waals surface area contributed by atoms with Crippen molar-refractivity contribution in [3.8, 4) is 0 Å². The number of hydrogen-bond acceptors (Lipinski definition) is 5. The van der Waals surface area contributed by atoms with Gasteiger partial charge in [-0.2, -0.15) is 0 Å². The van der Waals surface area contributed by atoms with Gasteiger partial charge in [0.05, 0.1) is 0 Å². The largest absolute Gasteiger partial charge is 0.273 e. The summed E-state index contributed by atoms with van der Waals surface area (Å²) in [6.45, 7) is 2.23. The number of primary sulfonamides is 1. The van der Waals surface area contributed by atoms with Gasteiger partial charge in [-0.15, -0.1) is 23.7 Å². The maximum atomic E-state index is 12.2. The number of thiophene rings is 1. The maximum absolute atomic E-state index is 12.2. The van der Waals surface area contributed by atoms with Crippen LogP contribution in [0.25, 0.3) is 6.08 Å². The molecule has 0 bridgehead atoms. The van der Waals surface area contributed by atoms with Gasteiger partial charge in [0.15, 0.2) is 0 Å². The molecule has 0 aliphatic carbocycles. The van der Waals surface area contributed by atoms with Gasteiger partial charge in [0.25, 0.3) is 10.0 Å². The van der Waals surface area contributed by atoms with Gasteiger partial charge in [0, 0.05) is 18.3 Å². The molecule has 6 nitrogen and oxygen atoms in total. The third-order valence-corrected chi connectivity index (χ3v) is 7.26. The van der Waals surface area contributed by atoms with Gasteiger partial charge in [-0.05, 0) is 18.6 Å². The van der Waals surface area contributed by atoms with Crippen LogP contribution in [0.3, 0.4) is 0 Å². The summed E-state index contributed by atoms with van der Waals surface area (Å²) in [6, 6.07) is 1.28. The lowest BCUT2D eigenvalue weighted by Gasteiger charge is -2.22. The van der Waals surface area contributed by atoms with Crippen molar-refractivity contribution in [2.45, 2.75) is 21.8 Å². The molecule has 1 aromatic rings. The Balaban J connectivity index is 0.00000180. The van der Waals surface area contributed by atoms with Crippen molar-refractivity contribution in [2.75, 3.05) is 6.54 Å². The fourth-order valence-electron chi connectivity index (χ4n) is 1.59. The van der Waals surface area contributed by atoms with Crippen LogP contribution < -0.4 is 5.14 Å². The lowest BCUT2D eigenvalue weighted by molar-refractivity contribution is 0.496. The van der Waals surface area contributed by atoms with Crippen molar-refractivity contribution in [3.05, 3.63) is 17.8 Å². The molecule has 1 aliphatic heterocycles. The standard InChI is InChI=1S/C9H12N2O4S3.ClH/c1-2-4-11-5-3-7-6-8(17(10,12)13)16-9(7)18(11,14)15;/h3,5-6H,2,4H2,1H3,(H2,10,12,13);1H. The molecule has 10 heteroatoms. The molecule has 0 atom stereocenters. The van der Waals surface area contributed by atoms with E-state index in [2.05, 4.69) is 0 Å². The van der Waals surface area contributed by atoms with E-state index in [1.54, 1.807) is 6.08 Å². The lowest BCUT2D eigenvalue weighted by Crippen LogP contribution is -2.28. The Morgan fingerprint density at radius 3 is 2.58 bits per heavy atom. The van der Waals surface area contributed by atoms with Crippen molar-refractivity contribution in [2.24, 2.45) is 5.14 Å². The van der Waals surface area contributed by atoms with Crippen molar-refractivity contribution in [1.82, 2.24) is 4.31 Å². The molecule has 1 aromatic heterocycles. The second-order valence-corrected chi connectivity index (χ2v) is 8.71. The maximum Gasteiger partial charge on any atom is 0.273 e. The first-order chi connectivity index (χ1) is 8.26. The Bertz CT molecular complexity index is 706. The van der Waals surface area contributed by atoms with Crippen molar-refractivity contribution < 1.29 is 16.8 Å². The monoisotopic (exact) mass is 344 g/mol. The van der Waals surface area contributed by atoms with Gasteiger partial charge in [-0.3, -0.25) is 4.31 Å². The molecule has 0 saturated carbocycles. The number of nitrogens with zero attached hydrogens (tertiary/aromatic N) is 1. The molecular formula is C9H13ClN2O4S3. The Labute approximate surface area is 122 Å². The van der Waals surface area contributed by atoms with Crippen molar-refractivity contribution in [1.29, 1.82) is 0 Å². The molecule has 0 radical (unpaired) electrons. The highest BCUT2D eigenvalue weighted by atomic mass is 35.5. The molecular weight excluding hydrogens is 332 g/mol. The van der Waals surface area contributed by atoms with Crippen LogP contribution in [0, 0.1) is 0 Å². The van der Waals surface area contributed by atoms with Crippen LogP contribution >= 0.6 is 23.7 Å². The van der Waals surface area contributed by atoms with Crippen LogP contribution in [-0.4, -0.2) is 27.7 Å². The summed E-state index contributed by atoms with van der Waals surface area (Å²) in [6.07, 6.45) is 3.70. The normalized spacial score (nSPS) is 16.8. The number of halogens is 1. The Morgan fingerprint density at radius 1 is 1.42 bits per heavy atom. The van der Waals surface area contributed by atoms with E-state index in [0.717, 1.165) is 0 Å². The number of hydrogen-bond donors (Lipinski definition) is 1. The topological polar surface area (TPSA) is 97.5 Å². The highest BCUT2D eigenvalue weighted by Gasteiger charge is 2.31. The first-order valence-corrected chi connectivity index (χ1v) is 8.94. The second kappa shape index (κ2) is 5.41. The average Bonchev–Trinajstić information content (AvgIpc) is 2.67. The predicted octanol–water partition coefficient (Wildman–Crippen LogP) is 1.20. The van der Waals surface area contributed by atoms with E-state index in [4.69, 9.17) is 5.14 Å². The molecule has 2 heterocycles. The van der Waals surface area contributed by atoms with Crippen LogP contribution in [0.5, 0.6) is 0 Å². The molecule has 0 aromatic carbocycles. The number of rotatable bonds is 3. The van der Waals surface area contributed by atoms with Gasteiger partial charge in [0.1, 0.15) is 8.42 Å². The summed E-state index contributed by atoms with van der Waals surface area (Å²) in [4.78, 5) is 0. The molecule has 108 valence electrons. The highest BCUT2D eigenvalue weighted by molar-refractivity contribution is 7.94. The zero-order valence-electron chi connectivity index (χ0n) is 9.94. The predicted molar refractivity (Wildman–Crippen MR) is 76.2 cm³/mol. The molecule has 0 fully saturated rings. The number of sulfonamides is 2. The summed E-state index contributed by atoms with van der Waals surface area (Å²) in [7, 11) is -7.51. The second-order valence-electron chi connectivity index (χ2n) is 3.78. The Hall–Kier alpha value is -0.610. The van der Waals surface area contributed by atoms with E-state index in [-0.39, 0.29) is 20.8 Å². The van der Waals surface area contributed by atoms with Crippen LogP contribution in [-0.2, 0) is 20.0 Å². The zero-order chi connectivity index (χ0) is 13.6. The van der Waals surface area contributed by atoms with Crippen LogP contribution in [0.15, 0.2) is 20.7 Å². The summed E-state index contributed by atoms with van der Waals surface area (Å²) in [5, 5.41) is 5.00. The van der Waals surface area contributed by atoms with Gasteiger partial charge < -0.3 is 0 Å². The van der Waals surface area contributed by atoms with E-state index in [0.29, 0.717) is 29.9 Å². The first-order valence-electron chi connectivity index (χ1n) is 5.13. The molecule has 0 saturated heterocycles. The van der Waals surface area contributed by atoms with Gasteiger partial charge in [-0.25, -0.2) is 22.0 Å². The first kappa shape index (κ1) is 16.4. The molecule has 0 unspecified atom stereocenters. The van der Waals surface area contributed by atoms with Crippen LogP contribution in [0.2, 0.25) is 0 Å². The summed E-state index contributed by atoms with van der Waals surface area (Å²) in [5.41, 5.74) is 0.372. The minimum atomic E-state index is -3.88. The number of fused-ring (bicyclic) bond motifs is 1. The molecule has 19 heavy (non-hydrogen) atoms. The lowest BCUT2D eigenvalue weighted by atomic mass is 10.3. The SMILES string of the molecule is CCCN1C=Cc2cc(S(N)(=O)=O)sc2S1(=O)=O.Cl. The van der Waals surface area contributed by atoms with E-state index in [1.807, 2.05) is 6.92 Å². The third-order valence-electron chi connectivity index (χ3n) is 2.39. The minimum Gasteiger partial charge on any atom is -0.273 e. The van der Waals surface area contributed by atoms with Crippen molar-refractivity contribution >= 4 is 49.9 Å². The van der Waals surface area contributed by atoms with E-state index in [1.165, 1.54) is 16.6 Å². The molecule has 0 spiro atoms. The van der Waals surface area contributed by atoms with E-state index < -0.39 is 20.0 Å². The van der Waals surface area contributed by atoms with Gasteiger partial charge in [-0.1, -0.05) is 6.92 Å².